The van der Waals surface area contributed by atoms with Crippen molar-refractivity contribution < 1.29 is 19.7 Å². The molecule has 1 saturated heterocycles. The highest BCUT2D eigenvalue weighted by Crippen LogP contribution is 2.25. The first-order valence-electron chi connectivity index (χ1n) is 9.80. The molecule has 152 valence electrons. The SMILES string of the molecule is Cc1cccn2cc(COc3ccccc3C(=O)N3CCC(CO)C(O)C3)nc12. The van der Waals surface area contributed by atoms with Gasteiger partial charge < -0.3 is 24.3 Å². The molecule has 0 spiro atoms. The van der Waals surface area contributed by atoms with Gasteiger partial charge in [-0.05, 0) is 37.1 Å². The number of nitrogens with zero attached hydrogens (tertiary/aromatic N) is 3. The number of ether oxygens (including phenoxy) is 1. The number of aromatic nitrogens is 2. The molecule has 2 aromatic heterocycles. The van der Waals surface area contributed by atoms with E-state index in [1.54, 1.807) is 23.1 Å². The fraction of sp³-hybridized carbons (Fsp3) is 0.364. The third-order valence-electron chi connectivity index (χ3n) is 5.46. The Balaban J connectivity index is 1.49. The van der Waals surface area contributed by atoms with E-state index in [9.17, 15) is 15.0 Å². The number of benzene rings is 1. The van der Waals surface area contributed by atoms with Crippen molar-refractivity contribution in [3.63, 3.8) is 0 Å². The Morgan fingerprint density at radius 1 is 1.28 bits per heavy atom. The molecule has 0 bridgehead atoms. The van der Waals surface area contributed by atoms with Crippen LogP contribution in [-0.2, 0) is 6.61 Å². The Labute approximate surface area is 169 Å². The second-order valence-corrected chi connectivity index (χ2v) is 7.49. The van der Waals surface area contributed by atoms with Gasteiger partial charge in [0.25, 0.3) is 5.91 Å². The van der Waals surface area contributed by atoms with Gasteiger partial charge in [0.2, 0.25) is 0 Å². The van der Waals surface area contributed by atoms with Gasteiger partial charge in [-0.3, -0.25) is 4.79 Å². The lowest BCUT2D eigenvalue weighted by Gasteiger charge is -2.35. The zero-order valence-corrected chi connectivity index (χ0v) is 16.4. The molecule has 0 radical (unpaired) electrons. The smallest absolute Gasteiger partial charge is 0.257 e. The molecule has 4 rings (SSSR count). The molecule has 2 unspecified atom stereocenters. The van der Waals surface area contributed by atoms with E-state index in [1.807, 2.05) is 41.9 Å². The maximum absolute atomic E-state index is 13.0. The molecule has 1 aromatic carbocycles. The summed E-state index contributed by atoms with van der Waals surface area (Å²) in [5.74, 6) is 0.135. The third kappa shape index (κ3) is 3.97. The number of pyridine rings is 1. The van der Waals surface area contributed by atoms with Crippen LogP contribution in [0, 0.1) is 12.8 Å². The van der Waals surface area contributed by atoms with Gasteiger partial charge in [0.05, 0.1) is 17.4 Å². The number of carbonyl (C=O) groups excluding carboxylic acids is 1. The molecular formula is C22H25N3O4. The minimum Gasteiger partial charge on any atom is -0.486 e. The van der Waals surface area contributed by atoms with Crippen molar-refractivity contribution in [1.29, 1.82) is 0 Å². The highest BCUT2D eigenvalue weighted by atomic mass is 16.5. The van der Waals surface area contributed by atoms with Gasteiger partial charge in [-0.15, -0.1) is 0 Å². The van der Waals surface area contributed by atoms with Crippen LogP contribution in [0.15, 0.2) is 48.8 Å². The summed E-state index contributed by atoms with van der Waals surface area (Å²) in [6.45, 7) is 2.91. The fourth-order valence-electron chi connectivity index (χ4n) is 3.74. The van der Waals surface area contributed by atoms with E-state index < -0.39 is 6.10 Å². The van der Waals surface area contributed by atoms with Crippen LogP contribution in [0.4, 0.5) is 0 Å². The van der Waals surface area contributed by atoms with Crippen LogP contribution >= 0.6 is 0 Å². The number of para-hydroxylation sites is 1. The number of rotatable bonds is 5. The minimum atomic E-state index is -0.716. The lowest BCUT2D eigenvalue weighted by atomic mass is 9.94. The van der Waals surface area contributed by atoms with Crippen LogP contribution < -0.4 is 4.74 Å². The molecule has 29 heavy (non-hydrogen) atoms. The van der Waals surface area contributed by atoms with Crippen LogP contribution in [0.1, 0.15) is 28.0 Å². The number of hydrogen-bond acceptors (Lipinski definition) is 5. The molecule has 1 fully saturated rings. The Kier molecular flexibility index (Phi) is 5.51. The lowest BCUT2D eigenvalue weighted by Crippen LogP contribution is -2.47. The predicted molar refractivity (Wildman–Crippen MR) is 108 cm³/mol. The van der Waals surface area contributed by atoms with Crippen molar-refractivity contribution in [3.8, 4) is 5.75 Å². The summed E-state index contributed by atoms with van der Waals surface area (Å²) in [7, 11) is 0. The van der Waals surface area contributed by atoms with Crippen molar-refractivity contribution >= 4 is 11.6 Å². The summed E-state index contributed by atoms with van der Waals surface area (Å²) in [6, 6.07) is 11.1. The number of β-amino-alcohol motifs (C(OH)–C–C–N with tert-alkyl or cyclic N) is 1. The standard InChI is InChI=1S/C22H25N3O4/c1-15-5-4-9-24-11-17(23-21(15)24)14-29-20-7-3-2-6-18(20)22(28)25-10-8-16(13-26)19(27)12-25/h2-7,9,11,16,19,26-27H,8,10,12-14H2,1H3. The van der Waals surface area contributed by atoms with Crippen molar-refractivity contribution in [3.05, 3.63) is 65.6 Å². The summed E-state index contributed by atoms with van der Waals surface area (Å²) in [5, 5.41) is 19.5. The van der Waals surface area contributed by atoms with E-state index in [4.69, 9.17) is 4.74 Å². The van der Waals surface area contributed by atoms with E-state index in [1.165, 1.54) is 0 Å². The van der Waals surface area contributed by atoms with Gasteiger partial charge in [0.1, 0.15) is 18.0 Å². The van der Waals surface area contributed by atoms with Gasteiger partial charge >= 0.3 is 0 Å². The first-order valence-corrected chi connectivity index (χ1v) is 9.80. The van der Waals surface area contributed by atoms with Crippen LogP contribution in [0.25, 0.3) is 5.65 Å². The number of aliphatic hydroxyl groups excluding tert-OH is 2. The summed E-state index contributed by atoms with van der Waals surface area (Å²) in [6.07, 6.45) is 3.72. The Bertz CT molecular complexity index is 1020. The van der Waals surface area contributed by atoms with Crippen LogP contribution in [0.3, 0.4) is 0 Å². The first-order chi connectivity index (χ1) is 14.1. The number of aryl methyl sites for hydroxylation is 1. The van der Waals surface area contributed by atoms with E-state index >= 15 is 0 Å². The molecule has 3 aromatic rings. The molecule has 1 aliphatic rings. The fourth-order valence-corrected chi connectivity index (χ4v) is 3.74. The number of likely N-dealkylation sites (tertiary alicyclic amines) is 1. The molecule has 1 aliphatic heterocycles. The highest BCUT2D eigenvalue weighted by molar-refractivity contribution is 5.97. The quantitative estimate of drug-likeness (QED) is 0.690. The van der Waals surface area contributed by atoms with Crippen molar-refractivity contribution in [2.24, 2.45) is 5.92 Å². The maximum atomic E-state index is 13.0. The maximum Gasteiger partial charge on any atom is 0.257 e. The Morgan fingerprint density at radius 3 is 2.86 bits per heavy atom. The second kappa shape index (κ2) is 8.23. The van der Waals surface area contributed by atoms with Crippen LogP contribution in [0.2, 0.25) is 0 Å². The zero-order valence-electron chi connectivity index (χ0n) is 16.4. The summed E-state index contributed by atoms with van der Waals surface area (Å²) < 4.78 is 7.90. The average molecular weight is 395 g/mol. The highest BCUT2D eigenvalue weighted by Gasteiger charge is 2.31. The van der Waals surface area contributed by atoms with Gasteiger partial charge in [-0.2, -0.15) is 0 Å². The topological polar surface area (TPSA) is 87.3 Å². The molecule has 0 saturated carbocycles. The molecule has 7 heteroatoms. The number of piperidine rings is 1. The molecule has 0 aliphatic carbocycles. The number of aliphatic hydroxyl groups is 2. The van der Waals surface area contributed by atoms with E-state index in [0.717, 1.165) is 16.9 Å². The lowest BCUT2D eigenvalue weighted by molar-refractivity contribution is 0.000728. The van der Waals surface area contributed by atoms with Gasteiger partial charge in [-0.1, -0.05) is 18.2 Å². The molecule has 1 amide bonds. The van der Waals surface area contributed by atoms with Crippen molar-refractivity contribution in [2.75, 3.05) is 19.7 Å². The average Bonchev–Trinajstić information content (AvgIpc) is 3.16. The molecule has 2 N–H and O–H groups in total. The van der Waals surface area contributed by atoms with E-state index in [2.05, 4.69) is 4.98 Å². The number of hydrogen-bond donors (Lipinski definition) is 2. The molecule has 3 heterocycles. The molecule has 2 atom stereocenters. The van der Waals surface area contributed by atoms with E-state index in [0.29, 0.717) is 24.3 Å². The minimum absolute atomic E-state index is 0.0681. The Morgan fingerprint density at radius 2 is 2.10 bits per heavy atom. The van der Waals surface area contributed by atoms with Gasteiger partial charge in [0, 0.05) is 38.0 Å². The summed E-state index contributed by atoms with van der Waals surface area (Å²) in [4.78, 5) is 19.2. The van der Waals surface area contributed by atoms with Crippen molar-refractivity contribution in [2.45, 2.75) is 26.1 Å². The molecular weight excluding hydrogens is 370 g/mol. The number of imidazole rings is 1. The normalized spacial score (nSPS) is 19.5. The van der Waals surface area contributed by atoms with Crippen LogP contribution in [0.5, 0.6) is 5.75 Å². The summed E-state index contributed by atoms with van der Waals surface area (Å²) in [5.41, 5.74) is 3.21. The Hall–Kier alpha value is -2.90. The number of amides is 1. The number of carbonyl (C=O) groups is 1. The predicted octanol–water partition coefficient (Wildman–Crippen LogP) is 2.04. The van der Waals surface area contributed by atoms with Gasteiger partial charge in [0.15, 0.2) is 0 Å². The van der Waals surface area contributed by atoms with Crippen LogP contribution in [-0.4, -0.2) is 56.2 Å². The summed E-state index contributed by atoms with van der Waals surface area (Å²) >= 11 is 0. The first kappa shape index (κ1) is 19.4. The zero-order chi connectivity index (χ0) is 20.4. The van der Waals surface area contributed by atoms with E-state index in [-0.39, 0.29) is 31.6 Å². The van der Waals surface area contributed by atoms with Gasteiger partial charge in [-0.25, -0.2) is 4.98 Å². The van der Waals surface area contributed by atoms with Crippen molar-refractivity contribution in [1.82, 2.24) is 14.3 Å². The number of fused-ring (bicyclic) bond motifs is 1. The largest absolute Gasteiger partial charge is 0.486 e. The monoisotopic (exact) mass is 395 g/mol. The second-order valence-electron chi connectivity index (χ2n) is 7.49. The molecule has 7 nitrogen and oxygen atoms in total. The third-order valence-corrected chi connectivity index (χ3v) is 5.46.